The molecule has 160 valence electrons. The van der Waals surface area contributed by atoms with Crippen LogP contribution in [0.5, 0.6) is 5.75 Å². The number of aromatic hydroxyl groups is 1. The number of para-hydroxylation sites is 1. The van der Waals surface area contributed by atoms with Gasteiger partial charge in [-0.05, 0) is 73.9 Å². The van der Waals surface area contributed by atoms with Crippen molar-refractivity contribution in [3.8, 4) is 28.4 Å². The first-order valence-electron chi connectivity index (χ1n) is 10.4. The molecule has 1 aliphatic rings. The highest BCUT2D eigenvalue weighted by Crippen LogP contribution is 2.38. The number of nitrogens with one attached hydrogen (secondary N) is 1. The maximum Gasteiger partial charge on any atom is 0.300 e. The molecular formula is C25H21FN4O2. The highest BCUT2D eigenvalue weighted by molar-refractivity contribution is 5.76. The highest BCUT2D eigenvalue weighted by atomic mass is 19.1. The van der Waals surface area contributed by atoms with E-state index in [0.717, 1.165) is 16.8 Å². The molecule has 7 heteroatoms. The molecule has 0 aliphatic carbocycles. The second-order valence-corrected chi connectivity index (χ2v) is 8.12. The lowest BCUT2D eigenvalue weighted by Crippen LogP contribution is -2.45. The Balaban J connectivity index is 1.62. The molecule has 5 rings (SSSR count). The molecule has 0 bridgehead atoms. The lowest BCUT2D eigenvalue weighted by Gasteiger charge is -2.39. The summed E-state index contributed by atoms with van der Waals surface area (Å²) in [6, 6.07) is 20.5. The smallest absolute Gasteiger partial charge is 0.300 e. The maximum absolute atomic E-state index is 13.4. The van der Waals surface area contributed by atoms with Crippen LogP contribution in [0.1, 0.15) is 18.9 Å². The third-order valence-corrected chi connectivity index (χ3v) is 5.80. The van der Waals surface area contributed by atoms with Gasteiger partial charge in [-0.15, -0.1) is 0 Å². The summed E-state index contributed by atoms with van der Waals surface area (Å²) in [5.74, 6) is 0.333. The number of phenols is 1. The average molecular weight is 428 g/mol. The van der Waals surface area contributed by atoms with Crippen LogP contribution in [0, 0.1) is 5.82 Å². The Bertz CT molecular complexity index is 1350. The minimum absolute atomic E-state index is 0.172. The van der Waals surface area contributed by atoms with Gasteiger partial charge in [0.25, 0.3) is 5.56 Å². The van der Waals surface area contributed by atoms with Gasteiger partial charge in [-0.1, -0.05) is 24.3 Å². The molecule has 0 unspecified atom stereocenters. The summed E-state index contributed by atoms with van der Waals surface area (Å²) < 4.78 is 15.2. The molecule has 0 saturated heterocycles. The van der Waals surface area contributed by atoms with Crippen LogP contribution in [0.4, 0.5) is 10.1 Å². The Morgan fingerprint density at radius 2 is 1.75 bits per heavy atom. The summed E-state index contributed by atoms with van der Waals surface area (Å²) in [4.78, 5) is 17.3. The van der Waals surface area contributed by atoms with Crippen molar-refractivity contribution in [2.45, 2.75) is 25.4 Å². The van der Waals surface area contributed by atoms with Gasteiger partial charge in [-0.3, -0.25) is 4.79 Å². The van der Waals surface area contributed by atoms with Gasteiger partial charge >= 0.3 is 0 Å². The van der Waals surface area contributed by atoms with Crippen LogP contribution in [0.2, 0.25) is 0 Å². The summed E-state index contributed by atoms with van der Waals surface area (Å²) >= 11 is 0. The summed E-state index contributed by atoms with van der Waals surface area (Å²) in [6.07, 6.45) is 1.37. The maximum atomic E-state index is 13.4. The van der Waals surface area contributed by atoms with E-state index in [4.69, 9.17) is 5.10 Å². The summed E-state index contributed by atoms with van der Waals surface area (Å²) in [5.41, 5.74) is 2.30. The number of aryl methyl sites for hydroxylation is 1. The van der Waals surface area contributed by atoms with Crippen LogP contribution >= 0.6 is 0 Å². The fraction of sp³-hybridized carbons (Fsp3) is 0.160. The van der Waals surface area contributed by atoms with Crippen LogP contribution in [-0.2, 0) is 12.1 Å². The number of aromatic nitrogens is 3. The normalized spacial score (nSPS) is 16.7. The van der Waals surface area contributed by atoms with Gasteiger partial charge in [0.2, 0.25) is 0 Å². The Labute approximate surface area is 184 Å². The Kier molecular flexibility index (Phi) is 4.74. The third-order valence-electron chi connectivity index (χ3n) is 5.80. The Morgan fingerprint density at radius 1 is 1.03 bits per heavy atom. The fourth-order valence-corrected chi connectivity index (χ4v) is 4.04. The van der Waals surface area contributed by atoms with Crippen molar-refractivity contribution in [1.29, 1.82) is 0 Å². The molecule has 0 amide bonds. The van der Waals surface area contributed by atoms with Gasteiger partial charge in [0.1, 0.15) is 17.2 Å². The Hall–Kier alpha value is -4.00. The molecular weight excluding hydrogens is 407 g/mol. The number of phenolic OH excluding ortho intramolecular Hbond substituents is 1. The topological polar surface area (TPSA) is 80.0 Å². The van der Waals surface area contributed by atoms with Gasteiger partial charge < -0.3 is 10.4 Å². The van der Waals surface area contributed by atoms with E-state index >= 15 is 0 Å². The van der Waals surface area contributed by atoms with E-state index in [0.29, 0.717) is 24.2 Å². The van der Waals surface area contributed by atoms with Crippen LogP contribution in [0.25, 0.3) is 22.6 Å². The zero-order valence-electron chi connectivity index (χ0n) is 17.4. The molecule has 6 nitrogen and oxygen atoms in total. The SMILES string of the molecule is C[C@@]1(CCc2ccc(O)cc2)Nc2ccccc2-c2nc(=O)c(-c3ccc(F)cc3)nn21. The highest BCUT2D eigenvalue weighted by Gasteiger charge is 2.36. The molecule has 0 radical (unpaired) electrons. The van der Waals surface area contributed by atoms with E-state index in [1.165, 1.54) is 24.3 Å². The van der Waals surface area contributed by atoms with Gasteiger partial charge in [-0.25, -0.2) is 9.07 Å². The zero-order chi connectivity index (χ0) is 22.3. The minimum Gasteiger partial charge on any atom is -0.508 e. The number of anilines is 1. The first-order chi connectivity index (χ1) is 15.4. The number of hydrogen-bond acceptors (Lipinski definition) is 5. The van der Waals surface area contributed by atoms with E-state index < -0.39 is 11.2 Å². The molecule has 4 aromatic rings. The molecule has 1 aromatic heterocycles. The van der Waals surface area contributed by atoms with E-state index in [2.05, 4.69) is 10.3 Å². The number of hydrogen-bond donors (Lipinski definition) is 2. The van der Waals surface area contributed by atoms with Crippen molar-refractivity contribution in [3.63, 3.8) is 0 Å². The third kappa shape index (κ3) is 3.51. The Morgan fingerprint density at radius 3 is 2.50 bits per heavy atom. The van der Waals surface area contributed by atoms with Gasteiger partial charge in [0.05, 0.1) is 0 Å². The van der Waals surface area contributed by atoms with Crippen molar-refractivity contribution >= 4 is 5.69 Å². The molecule has 32 heavy (non-hydrogen) atoms. The molecule has 2 N–H and O–H groups in total. The fourth-order valence-electron chi connectivity index (χ4n) is 4.04. The number of benzene rings is 3. The van der Waals surface area contributed by atoms with Gasteiger partial charge in [0.15, 0.2) is 11.5 Å². The molecule has 3 aromatic carbocycles. The molecule has 0 saturated carbocycles. The summed E-state index contributed by atoms with van der Waals surface area (Å²) in [5, 5.41) is 17.8. The number of rotatable bonds is 4. The predicted molar refractivity (Wildman–Crippen MR) is 121 cm³/mol. The molecule has 1 atom stereocenters. The van der Waals surface area contributed by atoms with E-state index in [-0.39, 0.29) is 17.3 Å². The number of fused-ring (bicyclic) bond motifs is 3. The molecule has 2 heterocycles. The van der Waals surface area contributed by atoms with E-state index in [1.54, 1.807) is 16.8 Å². The second-order valence-electron chi connectivity index (χ2n) is 8.12. The van der Waals surface area contributed by atoms with Crippen LogP contribution in [0.3, 0.4) is 0 Å². The van der Waals surface area contributed by atoms with E-state index in [1.807, 2.05) is 43.3 Å². The van der Waals surface area contributed by atoms with Crippen LogP contribution in [-0.4, -0.2) is 19.9 Å². The lowest BCUT2D eigenvalue weighted by atomic mass is 9.97. The number of nitrogens with zero attached hydrogens (tertiary/aromatic N) is 3. The van der Waals surface area contributed by atoms with Crippen molar-refractivity contribution in [3.05, 3.63) is 94.5 Å². The summed E-state index contributed by atoms with van der Waals surface area (Å²) in [6.45, 7) is 2.01. The average Bonchev–Trinajstić information content (AvgIpc) is 2.79. The predicted octanol–water partition coefficient (Wildman–Crippen LogP) is 4.55. The van der Waals surface area contributed by atoms with Crippen molar-refractivity contribution in [1.82, 2.24) is 14.8 Å². The quantitative estimate of drug-likeness (QED) is 0.499. The second kappa shape index (κ2) is 7.60. The van der Waals surface area contributed by atoms with Crippen molar-refractivity contribution in [2.75, 3.05) is 5.32 Å². The lowest BCUT2D eigenvalue weighted by molar-refractivity contribution is 0.300. The van der Waals surface area contributed by atoms with Crippen LogP contribution < -0.4 is 10.9 Å². The minimum atomic E-state index is -0.670. The van der Waals surface area contributed by atoms with E-state index in [9.17, 15) is 14.3 Å². The van der Waals surface area contributed by atoms with Crippen molar-refractivity contribution < 1.29 is 9.50 Å². The van der Waals surface area contributed by atoms with Crippen LogP contribution in [0.15, 0.2) is 77.6 Å². The molecule has 0 spiro atoms. The largest absolute Gasteiger partial charge is 0.508 e. The first-order valence-corrected chi connectivity index (χ1v) is 10.4. The summed E-state index contributed by atoms with van der Waals surface area (Å²) in [7, 11) is 0. The van der Waals surface area contributed by atoms with Gasteiger partial charge in [0, 0.05) is 16.8 Å². The monoisotopic (exact) mass is 428 g/mol. The molecule has 0 fully saturated rings. The van der Waals surface area contributed by atoms with Crippen molar-refractivity contribution in [2.24, 2.45) is 0 Å². The molecule has 1 aliphatic heterocycles. The first kappa shape index (κ1) is 19.9. The standard InChI is InChI=1S/C25H21FN4O2/c1-25(15-14-16-6-12-19(31)13-7-16)28-21-5-3-2-4-20(21)23-27-24(32)22(29-30(23)25)17-8-10-18(26)11-9-17/h2-13,28,31H,14-15H2,1H3/t25-/m1/s1. The van der Waals surface area contributed by atoms with Gasteiger partial charge in [-0.2, -0.15) is 10.1 Å². The zero-order valence-corrected chi connectivity index (χ0v) is 17.4. The number of halogens is 1.